The van der Waals surface area contributed by atoms with Gasteiger partial charge in [0.1, 0.15) is 6.04 Å². The largest absolute Gasteiger partial charge is 0.480 e. The number of fused-ring (bicyclic) bond motifs is 1. The minimum atomic E-state index is -1.03. The van der Waals surface area contributed by atoms with E-state index < -0.39 is 18.0 Å². The maximum absolute atomic E-state index is 11.8. The molecule has 22 heavy (non-hydrogen) atoms. The Kier molecular flexibility index (Phi) is 5.76. The predicted octanol–water partition coefficient (Wildman–Crippen LogP) is 1.42. The summed E-state index contributed by atoms with van der Waals surface area (Å²) in [6.07, 6.45) is 2.27. The molecule has 1 aliphatic heterocycles. The van der Waals surface area contributed by atoms with Crippen molar-refractivity contribution < 1.29 is 24.2 Å². The molecule has 1 aromatic carbocycles. The number of aliphatic carboxylic acids is 1. The van der Waals surface area contributed by atoms with Crippen LogP contribution < -0.4 is 20.1 Å². The number of thioether (sulfide) groups is 1. The van der Waals surface area contributed by atoms with E-state index in [-0.39, 0.29) is 13.3 Å². The van der Waals surface area contributed by atoms with Gasteiger partial charge in [-0.2, -0.15) is 11.8 Å². The normalized spacial score (nSPS) is 13.5. The molecule has 1 heterocycles. The second kappa shape index (κ2) is 7.79. The van der Waals surface area contributed by atoms with E-state index in [9.17, 15) is 9.59 Å². The van der Waals surface area contributed by atoms with Gasteiger partial charge in [0.25, 0.3) is 0 Å². The highest BCUT2D eigenvalue weighted by molar-refractivity contribution is 7.98. The molecule has 8 heteroatoms. The number of carbonyl (C=O) groups excluding carboxylic acids is 1. The van der Waals surface area contributed by atoms with E-state index >= 15 is 0 Å². The number of hydrogen-bond acceptors (Lipinski definition) is 5. The molecule has 2 rings (SSSR count). The van der Waals surface area contributed by atoms with E-state index in [1.165, 1.54) is 11.8 Å². The summed E-state index contributed by atoms with van der Waals surface area (Å²) >= 11 is 1.54. The van der Waals surface area contributed by atoms with Crippen molar-refractivity contribution >= 4 is 23.8 Å². The first-order chi connectivity index (χ1) is 10.6. The van der Waals surface area contributed by atoms with Crippen LogP contribution in [-0.2, 0) is 11.3 Å². The van der Waals surface area contributed by atoms with E-state index in [2.05, 4.69) is 10.6 Å². The lowest BCUT2D eigenvalue weighted by molar-refractivity contribution is -0.139. The second-order valence-electron chi connectivity index (χ2n) is 4.69. The lowest BCUT2D eigenvalue weighted by Crippen LogP contribution is -2.46. The molecule has 3 N–H and O–H groups in total. The number of amides is 2. The summed E-state index contributed by atoms with van der Waals surface area (Å²) in [5.74, 6) is 0.950. The van der Waals surface area contributed by atoms with Crippen LogP contribution in [0.2, 0.25) is 0 Å². The van der Waals surface area contributed by atoms with Gasteiger partial charge in [0.15, 0.2) is 11.5 Å². The van der Waals surface area contributed by atoms with Gasteiger partial charge < -0.3 is 25.2 Å². The Balaban J connectivity index is 1.82. The Hall–Kier alpha value is -2.09. The fourth-order valence-electron chi connectivity index (χ4n) is 1.94. The molecule has 0 spiro atoms. The van der Waals surface area contributed by atoms with E-state index in [0.717, 1.165) is 5.56 Å². The average Bonchev–Trinajstić information content (AvgIpc) is 2.96. The van der Waals surface area contributed by atoms with Crippen molar-refractivity contribution in [3.63, 3.8) is 0 Å². The number of benzene rings is 1. The molecule has 120 valence electrons. The Morgan fingerprint density at radius 2 is 2.14 bits per heavy atom. The maximum atomic E-state index is 11.8. The molecular formula is C14H18N2O5S. The second-order valence-corrected chi connectivity index (χ2v) is 5.67. The van der Waals surface area contributed by atoms with Gasteiger partial charge in [-0.1, -0.05) is 6.07 Å². The van der Waals surface area contributed by atoms with Crippen molar-refractivity contribution in [1.82, 2.24) is 10.6 Å². The number of carboxylic acids is 1. The molecule has 7 nitrogen and oxygen atoms in total. The quantitative estimate of drug-likeness (QED) is 0.701. The summed E-state index contributed by atoms with van der Waals surface area (Å²) in [5.41, 5.74) is 0.843. The number of hydrogen-bond donors (Lipinski definition) is 3. The van der Waals surface area contributed by atoms with E-state index in [0.29, 0.717) is 23.7 Å². The lowest BCUT2D eigenvalue weighted by atomic mass is 10.2. The van der Waals surface area contributed by atoms with Crippen molar-refractivity contribution in [2.45, 2.75) is 19.0 Å². The number of nitrogens with one attached hydrogen (secondary N) is 2. The highest BCUT2D eigenvalue weighted by Crippen LogP contribution is 2.32. The van der Waals surface area contributed by atoms with Crippen molar-refractivity contribution in [2.24, 2.45) is 0 Å². The van der Waals surface area contributed by atoms with E-state index in [4.69, 9.17) is 14.6 Å². The van der Waals surface area contributed by atoms with Gasteiger partial charge in [-0.3, -0.25) is 0 Å². The van der Waals surface area contributed by atoms with Crippen molar-refractivity contribution in [3.8, 4) is 11.5 Å². The molecule has 0 aliphatic carbocycles. The fraction of sp³-hybridized carbons (Fsp3) is 0.429. The van der Waals surface area contributed by atoms with Gasteiger partial charge in [-0.05, 0) is 36.1 Å². The molecule has 1 unspecified atom stereocenters. The zero-order valence-corrected chi connectivity index (χ0v) is 12.9. The van der Waals surface area contributed by atoms with Crippen molar-refractivity contribution in [3.05, 3.63) is 23.8 Å². The van der Waals surface area contributed by atoms with Crippen LogP contribution in [0.15, 0.2) is 18.2 Å². The number of ether oxygens (including phenoxy) is 2. The van der Waals surface area contributed by atoms with Crippen LogP contribution >= 0.6 is 11.8 Å². The molecule has 2 amide bonds. The molecule has 0 saturated carbocycles. The molecule has 0 aromatic heterocycles. The van der Waals surface area contributed by atoms with E-state index in [1.807, 2.05) is 12.3 Å². The Morgan fingerprint density at radius 1 is 1.36 bits per heavy atom. The standard InChI is InChI=1S/C14H18N2O5S/c1-22-5-4-10(13(17)18)16-14(19)15-7-9-2-3-11-12(6-9)21-8-20-11/h2-3,6,10H,4-5,7-8H2,1H3,(H,17,18)(H2,15,16,19). The molecule has 1 aromatic rings. The highest BCUT2D eigenvalue weighted by atomic mass is 32.2. The molecular weight excluding hydrogens is 308 g/mol. The molecule has 1 aliphatic rings. The van der Waals surface area contributed by atoms with Crippen molar-refractivity contribution in [1.29, 1.82) is 0 Å². The summed E-state index contributed by atoms with van der Waals surface area (Å²) in [6.45, 7) is 0.472. The first kappa shape index (κ1) is 16.3. The van der Waals surface area contributed by atoms with Crippen LogP contribution in [0.1, 0.15) is 12.0 Å². The predicted molar refractivity (Wildman–Crippen MR) is 82.4 cm³/mol. The van der Waals surface area contributed by atoms with Gasteiger partial charge in [-0.25, -0.2) is 9.59 Å². The lowest BCUT2D eigenvalue weighted by Gasteiger charge is -2.14. The number of rotatable bonds is 7. The van der Waals surface area contributed by atoms with Crippen LogP contribution in [0, 0.1) is 0 Å². The first-order valence-corrected chi connectivity index (χ1v) is 8.14. The van der Waals surface area contributed by atoms with Gasteiger partial charge in [0, 0.05) is 6.54 Å². The van der Waals surface area contributed by atoms with Gasteiger partial charge >= 0.3 is 12.0 Å². The maximum Gasteiger partial charge on any atom is 0.326 e. The molecule has 0 radical (unpaired) electrons. The Labute approximate surface area is 132 Å². The highest BCUT2D eigenvalue weighted by Gasteiger charge is 2.19. The average molecular weight is 326 g/mol. The minimum Gasteiger partial charge on any atom is -0.480 e. The topological polar surface area (TPSA) is 96.9 Å². The van der Waals surface area contributed by atoms with Gasteiger partial charge in [0.05, 0.1) is 0 Å². The number of urea groups is 1. The Bertz CT molecular complexity index is 552. The van der Waals surface area contributed by atoms with Crippen LogP contribution in [0.3, 0.4) is 0 Å². The summed E-state index contributed by atoms with van der Waals surface area (Å²) < 4.78 is 10.5. The summed E-state index contributed by atoms with van der Waals surface area (Å²) in [7, 11) is 0. The summed E-state index contributed by atoms with van der Waals surface area (Å²) in [6, 6.07) is 3.98. The zero-order valence-electron chi connectivity index (χ0n) is 12.1. The molecule has 1 atom stereocenters. The number of carbonyl (C=O) groups is 2. The van der Waals surface area contributed by atoms with Crippen LogP contribution in [0.4, 0.5) is 4.79 Å². The van der Waals surface area contributed by atoms with Crippen LogP contribution in [0.5, 0.6) is 11.5 Å². The van der Waals surface area contributed by atoms with Crippen LogP contribution in [-0.4, -0.2) is 42.0 Å². The number of carboxylic acid groups (broad SMARTS) is 1. The Morgan fingerprint density at radius 3 is 2.86 bits per heavy atom. The minimum absolute atomic E-state index is 0.197. The third-order valence-electron chi connectivity index (χ3n) is 3.10. The molecule has 0 bridgehead atoms. The summed E-state index contributed by atoms with van der Waals surface area (Å²) in [5, 5.41) is 14.1. The smallest absolute Gasteiger partial charge is 0.326 e. The summed E-state index contributed by atoms with van der Waals surface area (Å²) in [4.78, 5) is 22.8. The SMILES string of the molecule is CSCCC(NC(=O)NCc1ccc2c(c1)OCO2)C(=O)O. The fourth-order valence-corrected chi connectivity index (χ4v) is 2.41. The zero-order chi connectivity index (χ0) is 15.9. The third kappa shape index (κ3) is 4.45. The van der Waals surface area contributed by atoms with Gasteiger partial charge in [-0.15, -0.1) is 0 Å². The van der Waals surface area contributed by atoms with Crippen LogP contribution in [0.25, 0.3) is 0 Å². The monoisotopic (exact) mass is 326 g/mol. The molecule has 0 saturated heterocycles. The molecule has 0 fully saturated rings. The first-order valence-electron chi connectivity index (χ1n) is 6.75. The van der Waals surface area contributed by atoms with Gasteiger partial charge in [0.2, 0.25) is 6.79 Å². The third-order valence-corrected chi connectivity index (χ3v) is 3.75. The van der Waals surface area contributed by atoms with E-state index in [1.54, 1.807) is 12.1 Å². The van der Waals surface area contributed by atoms with Crippen molar-refractivity contribution in [2.75, 3.05) is 18.8 Å².